The standard InChI is InChI=1S/C12H12N2O/c1-10-12(8-15)14(9-13-10)7-11-5-3-2-4-6-11/h2-6,8-9H,7H2,1H3. The Labute approximate surface area is 88.4 Å². The Hall–Kier alpha value is -1.90. The summed E-state index contributed by atoms with van der Waals surface area (Å²) in [4.78, 5) is 15.0. The second-order valence-electron chi connectivity index (χ2n) is 3.45. The molecular formula is C12H12N2O. The van der Waals surface area contributed by atoms with E-state index in [-0.39, 0.29) is 0 Å². The van der Waals surface area contributed by atoms with E-state index < -0.39 is 0 Å². The number of benzene rings is 1. The van der Waals surface area contributed by atoms with Crippen LogP contribution < -0.4 is 0 Å². The predicted octanol–water partition coefficient (Wildman–Crippen LogP) is 2.05. The Morgan fingerprint density at radius 3 is 2.73 bits per heavy atom. The number of carbonyl (C=O) groups excluding carboxylic acids is 1. The third-order valence-corrected chi connectivity index (χ3v) is 2.38. The first-order chi connectivity index (χ1) is 7.31. The first-order valence-electron chi connectivity index (χ1n) is 4.82. The molecule has 1 heterocycles. The van der Waals surface area contributed by atoms with E-state index in [1.165, 1.54) is 0 Å². The van der Waals surface area contributed by atoms with Crippen molar-refractivity contribution < 1.29 is 4.79 Å². The first-order valence-corrected chi connectivity index (χ1v) is 4.82. The second kappa shape index (κ2) is 4.09. The summed E-state index contributed by atoms with van der Waals surface area (Å²) in [6, 6.07) is 10.0. The van der Waals surface area contributed by atoms with Crippen LogP contribution in [0.1, 0.15) is 21.7 Å². The summed E-state index contributed by atoms with van der Waals surface area (Å²) < 4.78 is 1.86. The zero-order valence-electron chi connectivity index (χ0n) is 8.55. The van der Waals surface area contributed by atoms with Crippen LogP contribution in [-0.4, -0.2) is 15.8 Å². The van der Waals surface area contributed by atoms with Gasteiger partial charge in [-0.3, -0.25) is 4.79 Å². The van der Waals surface area contributed by atoms with E-state index in [4.69, 9.17) is 0 Å². The number of carbonyl (C=O) groups is 1. The van der Waals surface area contributed by atoms with Gasteiger partial charge in [-0.25, -0.2) is 4.98 Å². The molecule has 0 saturated carbocycles. The lowest BCUT2D eigenvalue weighted by molar-refractivity contribution is 0.111. The molecule has 0 unspecified atom stereocenters. The average Bonchev–Trinajstić information content (AvgIpc) is 2.61. The fourth-order valence-electron chi connectivity index (χ4n) is 1.55. The maximum absolute atomic E-state index is 10.8. The van der Waals surface area contributed by atoms with Crippen molar-refractivity contribution in [2.45, 2.75) is 13.5 Å². The highest BCUT2D eigenvalue weighted by Gasteiger charge is 2.05. The van der Waals surface area contributed by atoms with Crippen LogP contribution in [0.3, 0.4) is 0 Å². The molecule has 2 aromatic rings. The summed E-state index contributed by atoms with van der Waals surface area (Å²) in [7, 11) is 0. The molecule has 0 saturated heterocycles. The van der Waals surface area contributed by atoms with E-state index in [1.54, 1.807) is 6.33 Å². The molecule has 1 aromatic carbocycles. The third-order valence-electron chi connectivity index (χ3n) is 2.38. The molecule has 0 N–H and O–H groups in total. The van der Waals surface area contributed by atoms with Crippen LogP contribution in [0.25, 0.3) is 0 Å². The van der Waals surface area contributed by atoms with Crippen LogP contribution in [-0.2, 0) is 6.54 Å². The van der Waals surface area contributed by atoms with Gasteiger partial charge in [0.1, 0.15) is 5.69 Å². The van der Waals surface area contributed by atoms with Gasteiger partial charge in [0.05, 0.1) is 12.0 Å². The molecule has 3 nitrogen and oxygen atoms in total. The van der Waals surface area contributed by atoms with E-state index >= 15 is 0 Å². The highest BCUT2D eigenvalue weighted by atomic mass is 16.1. The Morgan fingerprint density at radius 1 is 1.33 bits per heavy atom. The monoisotopic (exact) mass is 200 g/mol. The van der Waals surface area contributed by atoms with Crippen molar-refractivity contribution in [2.24, 2.45) is 0 Å². The van der Waals surface area contributed by atoms with Gasteiger partial charge in [-0.15, -0.1) is 0 Å². The summed E-state index contributed by atoms with van der Waals surface area (Å²) in [5.74, 6) is 0. The number of hydrogen-bond acceptors (Lipinski definition) is 2. The molecule has 76 valence electrons. The van der Waals surface area contributed by atoms with Crippen LogP contribution in [0.2, 0.25) is 0 Å². The normalized spacial score (nSPS) is 10.2. The van der Waals surface area contributed by atoms with Gasteiger partial charge in [-0.2, -0.15) is 0 Å². The molecule has 0 aliphatic heterocycles. The number of aryl methyl sites for hydroxylation is 1. The van der Waals surface area contributed by atoms with Gasteiger partial charge in [0, 0.05) is 6.54 Å². The summed E-state index contributed by atoms with van der Waals surface area (Å²) in [5.41, 5.74) is 2.60. The first kappa shape index (κ1) is 9.65. The molecule has 0 atom stereocenters. The quantitative estimate of drug-likeness (QED) is 0.711. The molecule has 2 rings (SSSR count). The van der Waals surface area contributed by atoms with Crippen LogP contribution in [0.15, 0.2) is 36.7 Å². The van der Waals surface area contributed by atoms with Crippen molar-refractivity contribution in [1.82, 2.24) is 9.55 Å². The number of rotatable bonds is 3. The van der Waals surface area contributed by atoms with Crippen molar-refractivity contribution in [1.29, 1.82) is 0 Å². The second-order valence-corrected chi connectivity index (χ2v) is 3.45. The molecule has 0 aliphatic rings. The van der Waals surface area contributed by atoms with Gasteiger partial charge >= 0.3 is 0 Å². The number of aldehydes is 1. The lowest BCUT2D eigenvalue weighted by atomic mass is 10.2. The highest BCUT2D eigenvalue weighted by molar-refractivity contribution is 5.73. The molecule has 0 amide bonds. The SMILES string of the molecule is Cc1ncn(Cc2ccccc2)c1C=O. The number of hydrogen-bond donors (Lipinski definition) is 0. The minimum Gasteiger partial charge on any atom is -0.324 e. The Bertz CT molecular complexity index is 460. The van der Waals surface area contributed by atoms with Crippen LogP contribution in [0.5, 0.6) is 0 Å². The number of nitrogens with zero attached hydrogens (tertiary/aromatic N) is 2. The van der Waals surface area contributed by atoms with Crippen molar-refractivity contribution in [3.63, 3.8) is 0 Å². The number of aromatic nitrogens is 2. The molecule has 3 heteroatoms. The fraction of sp³-hybridized carbons (Fsp3) is 0.167. The van der Waals surface area contributed by atoms with Crippen molar-refractivity contribution >= 4 is 6.29 Å². The zero-order valence-corrected chi connectivity index (χ0v) is 8.55. The van der Waals surface area contributed by atoms with Crippen molar-refractivity contribution in [3.8, 4) is 0 Å². The summed E-state index contributed by atoms with van der Waals surface area (Å²) in [6.07, 6.45) is 2.55. The maximum Gasteiger partial charge on any atom is 0.168 e. The molecule has 0 spiro atoms. The Kier molecular flexibility index (Phi) is 2.63. The van der Waals surface area contributed by atoms with E-state index in [0.717, 1.165) is 17.5 Å². The van der Waals surface area contributed by atoms with E-state index in [1.807, 2.05) is 41.8 Å². The zero-order chi connectivity index (χ0) is 10.7. The molecule has 0 aliphatic carbocycles. The Balaban J connectivity index is 2.28. The molecule has 0 radical (unpaired) electrons. The van der Waals surface area contributed by atoms with Gasteiger partial charge in [-0.1, -0.05) is 30.3 Å². The minimum atomic E-state index is 0.652. The number of imidazole rings is 1. The van der Waals surface area contributed by atoms with Crippen LogP contribution in [0, 0.1) is 6.92 Å². The largest absolute Gasteiger partial charge is 0.324 e. The van der Waals surface area contributed by atoms with Gasteiger partial charge in [0.2, 0.25) is 0 Å². The topological polar surface area (TPSA) is 34.9 Å². The minimum absolute atomic E-state index is 0.652. The maximum atomic E-state index is 10.8. The predicted molar refractivity (Wildman–Crippen MR) is 57.9 cm³/mol. The van der Waals surface area contributed by atoms with Crippen LogP contribution >= 0.6 is 0 Å². The van der Waals surface area contributed by atoms with Crippen LogP contribution in [0.4, 0.5) is 0 Å². The smallest absolute Gasteiger partial charge is 0.168 e. The lowest BCUT2D eigenvalue weighted by Gasteiger charge is -2.04. The van der Waals surface area contributed by atoms with Gasteiger partial charge in [0.25, 0.3) is 0 Å². The molecule has 1 aromatic heterocycles. The van der Waals surface area contributed by atoms with E-state index in [9.17, 15) is 4.79 Å². The summed E-state index contributed by atoms with van der Waals surface area (Å²) >= 11 is 0. The third kappa shape index (κ3) is 1.96. The average molecular weight is 200 g/mol. The van der Waals surface area contributed by atoms with E-state index in [2.05, 4.69) is 4.98 Å². The molecular weight excluding hydrogens is 188 g/mol. The molecule has 0 bridgehead atoms. The van der Waals surface area contributed by atoms with E-state index in [0.29, 0.717) is 12.2 Å². The Morgan fingerprint density at radius 2 is 2.07 bits per heavy atom. The van der Waals surface area contributed by atoms with Gasteiger partial charge < -0.3 is 4.57 Å². The lowest BCUT2D eigenvalue weighted by Crippen LogP contribution is -2.02. The molecule has 15 heavy (non-hydrogen) atoms. The van der Waals surface area contributed by atoms with Gasteiger partial charge in [0.15, 0.2) is 6.29 Å². The molecule has 0 fully saturated rings. The summed E-state index contributed by atoms with van der Waals surface area (Å²) in [5, 5.41) is 0. The van der Waals surface area contributed by atoms with Gasteiger partial charge in [-0.05, 0) is 12.5 Å². The van der Waals surface area contributed by atoms with Crippen molar-refractivity contribution in [3.05, 3.63) is 53.6 Å². The fourth-order valence-corrected chi connectivity index (χ4v) is 1.55. The highest BCUT2D eigenvalue weighted by Crippen LogP contribution is 2.07. The van der Waals surface area contributed by atoms with Crippen molar-refractivity contribution in [2.75, 3.05) is 0 Å². The summed E-state index contributed by atoms with van der Waals surface area (Å²) in [6.45, 7) is 2.53.